The molecule has 1 amide bonds. The molecule has 0 saturated carbocycles. The van der Waals surface area contributed by atoms with Gasteiger partial charge in [0.1, 0.15) is 0 Å². The van der Waals surface area contributed by atoms with Crippen LogP contribution in [-0.4, -0.2) is 20.4 Å². The first kappa shape index (κ1) is 17.9. The number of sulfonamides is 1. The van der Waals surface area contributed by atoms with Crippen LogP contribution in [-0.2, 0) is 14.8 Å². The van der Waals surface area contributed by atoms with E-state index in [9.17, 15) is 13.2 Å². The third-order valence-corrected chi connectivity index (χ3v) is 5.24. The van der Waals surface area contributed by atoms with Gasteiger partial charge in [-0.15, -0.1) is 0 Å². The number of benzene rings is 2. The molecule has 2 aromatic carbocycles. The molecular formula is C15H14BrClN2O3S. The average molecular weight is 418 g/mol. The molecule has 0 fully saturated rings. The Hall–Kier alpha value is -1.41. The maximum absolute atomic E-state index is 12.2. The Balaban J connectivity index is 2.06. The number of hydrogen-bond donors (Lipinski definition) is 2. The molecule has 2 N–H and O–H groups in total. The summed E-state index contributed by atoms with van der Waals surface area (Å²) in [6.45, 7) is 1.47. The van der Waals surface area contributed by atoms with E-state index in [0.717, 1.165) is 4.47 Å². The van der Waals surface area contributed by atoms with E-state index in [4.69, 9.17) is 11.6 Å². The summed E-state index contributed by atoms with van der Waals surface area (Å²) in [5.74, 6) is -0.458. The van der Waals surface area contributed by atoms with Crippen molar-refractivity contribution in [3.05, 3.63) is 58.0 Å². The standard InChI is InChI=1S/C15H14BrClN2O3S/c1-10(15(20)18-13-4-2-3-11(16)9-13)19-23(21,22)14-7-5-12(17)6-8-14/h2-10,19H,1H3,(H,18,20). The molecule has 1 unspecified atom stereocenters. The van der Waals surface area contributed by atoms with Crippen molar-refractivity contribution in [3.8, 4) is 0 Å². The second kappa shape index (κ2) is 7.44. The van der Waals surface area contributed by atoms with Crippen LogP contribution in [0.5, 0.6) is 0 Å². The van der Waals surface area contributed by atoms with Gasteiger partial charge in [0.25, 0.3) is 0 Å². The number of nitrogens with one attached hydrogen (secondary N) is 2. The van der Waals surface area contributed by atoms with Gasteiger partial charge in [-0.3, -0.25) is 4.79 Å². The minimum atomic E-state index is -3.80. The molecule has 0 saturated heterocycles. The molecule has 0 radical (unpaired) electrons. The van der Waals surface area contributed by atoms with Crippen molar-refractivity contribution < 1.29 is 13.2 Å². The molecule has 0 aromatic heterocycles. The van der Waals surface area contributed by atoms with E-state index in [0.29, 0.717) is 10.7 Å². The molecule has 2 aromatic rings. The highest BCUT2D eigenvalue weighted by molar-refractivity contribution is 9.10. The van der Waals surface area contributed by atoms with Crippen molar-refractivity contribution in [2.75, 3.05) is 5.32 Å². The Morgan fingerprint density at radius 2 is 1.83 bits per heavy atom. The van der Waals surface area contributed by atoms with Gasteiger partial charge in [-0.2, -0.15) is 4.72 Å². The van der Waals surface area contributed by atoms with Gasteiger partial charge in [0, 0.05) is 15.2 Å². The normalized spacial score (nSPS) is 12.7. The van der Waals surface area contributed by atoms with Crippen LogP contribution in [0.4, 0.5) is 5.69 Å². The largest absolute Gasteiger partial charge is 0.325 e. The molecular weight excluding hydrogens is 404 g/mol. The lowest BCUT2D eigenvalue weighted by Gasteiger charge is -2.14. The lowest BCUT2D eigenvalue weighted by Crippen LogP contribution is -2.41. The summed E-state index contributed by atoms with van der Waals surface area (Å²) >= 11 is 9.04. The lowest BCUT2D eigenvalue weighted by atomic mass is 10.3. The highest BCUT2D eigenvalue weighted by atomic mass is 79.9. The number of hydrogen-bond acceptors (Lipinski definition) is 3. The first-order valence-corrected chi connectivity index (χ1v) is 9.28. The zero-order valence-corrected chi connectivity index (χ0v) is 15.2. The van der Waals surface area contributed by atoms with Crippen LogP contribution in [0.15, 0.2) is 57.9 Å². The summed E-state index contributed by atoms with van der Waals surface area (Å²) in [6, 6.07) is 11.8. The predicted molar refractivity (Wildman–Crippen MR) is 94.0 cm³/mol. The van der Waals surface area contributed by atoms with Gasteiger partial charge in [-0.25, -0.2) is 8.42 Å². The van der Waals surface area contributed by atoms with E-state index in [2.05, 4.69) is 26.0 Å². The summed E-state index contributed by atoms with van der Waals surface area (Å²) in [4.78, 5) is 12.2. The Morgan fingerprint density at radius 3 is 2.43 bits per heavy atom. The molecule has 2 rings (SSSR count). The van der Waals surface area contributed by atoms with Crippen LogP contribution >= 0.6 is 27.5 Å². The van der Waals surface area contributed by atoms with Crippen molar-refractivity contribution >= 4 is 49.1 Å². The molecule has 0 spiro atoms. The van der Waals surface area contributed by atoms with Crippen molar-refractivity contribution in [3.63, 3.8) is 0 Å². The molecule has 0 aliphatic carbocycles. The molecule has 122 valence electrons. The molecule has 1 atom stereocenters. The maximum atomic E-state index is 12.2. The summed E-state index contributed by atoms with van der Waals surface area (Å²) in [6.07, 6.45) is 0. The number of rotatable bonds is 5. The molecule has 23 heavy (non-hydrogen) atoms. The maximum Gasteiger partial charge on any atom is 0.242 e. The second-order valence-electron chi connectivity index (χ2n) is 4.80. The summed E-state index contributed by atoms with van der Waals surface area (Å²) in [5.41, 5.74) is 0.571. The highest BCUT2D eigenvalue weighted by Crippen LogP contribution is 2.17. The number of carbonyl (C=O) groups is 1. The van der Waals surface area contributed by atoms with Crippen molar-refractivity contribution in [1.82, 2.24) is 4.72 Å². The first-order valence-electron chi connectivity index (χ1n) is 6.62. The molecule has 5 nitrogen and oxygen atoms in total. The minimum Gasteiger partial charge on any atom is -0.325 e. The summed E-state index contributed by atoms with van der Waals surface area (Å²) in [7, 11) is -3.80. The quantitative estimate of drug-likeness (QED) is 0.783. The average Bonchev–Trinajstić information content (AvgIpc) is 2.47. The Bertz CT molecular complexity index is 810. The summed E-state index contributed by atoms with van der Waals surface area (Å²) in [5, 5.41) is 3.08. The van der Waals surface area contributed by atoms with E-state index in [1.807, 2.05) is 6.07 Å². The molecule has 0 aliphatic rings. The number of anilines is 1. The van der Waals surface area contributed by atoms with Crippen LogP contribution in [0.2, 0.25) is 5.02 Å². The zero-order chi connectivity index (χ0) is 17.0. The van der Waals surface area contributed by atoms with Crippen molar-refractivity contribution in [2.45, 2.75) is 17.9 Å². The third kappa shape index (κ3) is 5.04. The topological polar surface area (TPSA) is 75.3 Å². The predicted octanol–water partition coefficient (Wildman–Crippen LogP) is 3.41. The number of halogens is 2. The van der Waals surface area contributed by atoms with Crippen LogP contribution in [0.1, 0.15) is 6.92 Å². The summed E-state index contributed by atoms with van der Waals surface area (Å²) < 4.78 is 27.6. The van der Waals surface area contributed by atoms with E-state index >= 15 is 0 Å². The van der Waals surface area contributed by atoms with Gasteiger partial charge >= 0.3 is 0 Å². The van der Waals surface area contributed by atoms with Crippen molar-refractivity contribution in [1.29, 1.82) is 0 Å². The van der Waals surface area contributed by atoms with Gasteiger partial charge in [0.15, 0.2) is 0 Å². The Kier molecular flexibility index (Phi) is 5.80. The Labute approximate surface area is 148 Å². The van der Waals surface area contributed by atoms with E-state index in [1.165, 1.54) is 31.2 Å². The fourth-order valence-electron chi connectivity index (χ4n) is 1.78. The zero-order valence-electron chi connectivity index (χ0n) is 12.1. The van der Waals surface area contributed by atoms with Gasteiger partial charge in [-0.05, 0) is 49.4 Å². The fraction of sp³-hybridized carbons (Fsp3) is 0.133. The van der Waals surface area contributed by atoms with Crippen LogP contribution in [0, 0.1) is 0 Å². The monoisotopic (exact) mass is 416 g/mol. The first-order chi connectivity index (χ1) is 10.8. The van der Waals surface area contributed by atoms with Crippen molar-refractivity contribution in [2.24, 2.45) is 0 Å². The molecule has 0 heterocycles. The number of carbonyl (C=O) groups excluding carboxylic acids is 1. The number of amides is 1. The second-order valence-corrected chi connectivity index (χ2v) is 7.86. The van der Waals surface area contributed by atoms with Crippen LogP contribution < -0.4 is 10.0 Å². The molecule has 0 bridgehead atoms. The van der Waals surface area contributed by atoms with E-state index in [-0.39, 0.29) is 4.90 Å². The SMILES string of the molecule is CC(NS(=O)(=O)c1ccc(Cl)cc1)C(=O)Nc1cccc(Br)c1. The van der Waals surface area contributed by atoms with Gasteiger partial charge in [0.2, 0.25) is 15.9 Å². The van der Waals surface area contributed by atoms with Crippen LogP contribution in [0.25, 0.3) is 0 Å². The smallest absolute Gasteiger partial charge is 0.242 e. The van der Waals surface area contributed by atoms with E-state index < -0.39 is 22.0 Å². The molecule has 0 aliphatic heterocycles. The van der Waals surface area contributed by atoms with Gasteiger partial charge in [-0.1, -0.05) is 33.6 Å². The Morgan fingerprint density at radius 1 is 1.17 bits per heavy atom. The third-order valence-electron chi connectivity index (χ3n) is 2.94. The minimum absolute atomic E-state index is 0.0454. The van der Waals surface area contributed by atoms with E-state index in [1.54, 1.807) is 18.2 Å². The van der Waals surface area contributed by atoms with Crippen LogP contribution in [0.3, 0.4) is 0 Å². The van der Waals surface area contributed by atoms with Gasteiger partial charge < -0.3 is 5.32 Å². The molecule has 8 heteroatoms. The fourth-order valence-corrected chi connectivity index (χ4v) is 3.51. The lowest BCUT2D eigenvalue weighted by molar-refractivity contribution is -0.117. The van der Waals surface area contributed by atoms with Gasteiger partial charge in [0.05, 0.1) is 10.9 Å². The highest BCUT2D eigenvalue weighted by Gasteiger charge is 2.22.